The first-order valence-electron chi connectivity index (χ1n) is 24.1. The molecule has 0 spiro atoms. The van der Waals surface area contributed by atoms with E-state index in [1.54, 1.807) is 0 Å². The molecule has 1 heterocycles. The Kier molecular flexibility index (Phi) is 10.2. The number of benzene rings is 12. The van der Waals surface area contributed by atoms with Gasteiger partial charge in [-0.1, -0.05) is 218 Å². The van der Waals surface area contributed by atoms with Gasteiger partial charge < -0.3 is 9.47 Å². The van der Waals surface area contributed by atoms with E-state index in [1.165, 1.54) is 76.8 Å². The molecular weight excluding hydrogens is 845 g/mol. The lowest BCUT2D eigenvalue weighted by Gasteiger charge is -2.29. The van der Waals surface area contributed by atoms with Crippen LogP contribution in [0.3, 0.4) is 0 Å². The molecule has 70 heavy (non-hydrogen) atoms. The van der Waals surface area contributed by atoms with Gasteiger partial charge in [0.15, 0.2) is 0 Å². The summed E-state index contributed by atoms with van der Waals surface area (Å²) in [7, 11) is 0. The Morgan fingerprint density at radius 1 is 0.243 bits per heavy atom. The standard InChI is InChI=1S/C68H46N2/c1-3-15-47(16-4-1)51-31-37-59(38-32-51)69(60-39-33-52(34-40-60)48-17-5-2-6-18-48)65-25-13-11-23-61(65)62-24-12-14-26-66(62)70-67-45-57(55-29-27-49-19-7-9-21-53(49)43-55)35-41-63(67)64-42-36-58(46-68(64)70)56-30-28-50-20-8-10-22-54(50)44-56/h1-46H. The van der Waals surface area contributed by atoms with Gasteiger partial charge in [0.25, 0.3) is 0 Å². The predicted octanol–water partition coefficient (Wildman–Crippen LogP) is 18.9. The van der Waals surface area contributed by atoms with Gasteiger partial charge in [0.1, 0.15) is 0 Å². The van der Waals surface area contributed by atoms with Crippen molar-refractivity contribution in [3.05, 3.63) is 279 Å². The monoisotopic (exact) mass is 890 g/mol. The van der Waals surface area contributed by atoms with Crippen molar-refractivity contribution in [2.24, 2.45) is 0 Å². The summed E-state index contributed by atoms with van der Waals surface area (Å²) in [5, 5.41) is 7.37. The molecule has 0 unspecified atom stereocenters. The summed E-state index contributed by atoms with van der Waals surface area (Å²) in [6.45, 7) is 0. The van der Waals surface area contributed by atoms with Gasteiger partial charge in [0.05, 0.1) is 22.4 Å². The highest BCUT2D eigenvalue weighted by Gasteiger charge is 2.22. The molecule has 1 aromatic heterocycles. The summed E-state index contributed by atoms with van der Waals surface area (Å²) in [6, 6.07) is 102. The SMILES string of the molecule is c1ccc(-c2ccc(N(c3ccc(-c4ccccc4)cc3)c3ccccc3-c3ccccc3-n3c4cc(-c5ccc6ccccc6c5)ccc4c4ccc(-c5ccc6ccccc6c5)cc43)cc2)cc1. The number of para-hydroxylation sites is 2. The quantitative estimate of drug-likeness (QED) is 0.140. The molecule has 0 radical (unpaired) electrons. The van der Waals surface area contributed by atoms with Gasteiger partial charge in [0, 0.05) is 33.3 Å². The summed E-state index contributed by atoms with van der Waals surface area (Å²) in [6.07, 6.45) is 0. The number of hydrogen-bond acceptors (Lipinski definition) is 1. The lowest BCUT2D eigenvalue weighted by Crippen LogP contribution is -2.11. The minimum atomic E-state index is 1.08. The van der Waals surface area contributed by atoms with Crippen molar-refractivity contribution in [2.45, 2.75) is 0 Å². The van der Waals surface area contributed by atoms with E-state index in [4.69, 9.17) is 0 Å². The molecule has 0 saturated heterocycles. The molecule has 0 aliphatic heterocycles. The van der Waals surface area contributed by atoms with E-state index in [-0.39, 0.29) is 0 Å². The van der Waals surface area contributed by atoms with Crippen molar-refractivity contribution in [1.82, 2.24) is 4.57 Å². The maximum Gasteiger partial charge on any atom is 0.0547 e. The summed E-state index contributed by atoms with van der Waals surface area (Å²) in [4.78, 5) is 2.41. The van der Waals surface area contributed by atoms with Crippen LogP contribution in [0.1, 0.15) is 0 Å². The van der Waals surface area contributed by atoms with Crippen molar-refractivity contribution in [1.29, 1.82) is 0 Å². The minimum absolute atomic E-state index is 1.08. The summed E-state index contributed by atoms with van der Waals surface area (Å²) < 4.78 is 2.51. The highest BCUT2D eigenvalue weighted by molar-refractivity contribution is 6.12. The molecule has 0 atom stereocenters. The average Bonchev–Trinajstić information content (AvgIpc) is 3.76. The number of hydrogen-bond donors (Lipinski definition) is 0. The molecule has 0 N–H and O–H groups in total. The van der Waals surface area contributed by atoms with Gasteiger partial charge in [-0.15, -0.1) is 0 Å². The largest absolute Gasteiger partial charge is 0.310 e. The zero-order valence-corrected chi connectivity index (χ0v) is 38.5. The van der Waals surface area contributed by atoms with E-state index in [2.05, 4.69) is 289 Å². The number of anilines is 3. The highest BCUT2D eigenvalue weighted by Crippen LogP contribution is 2.45. The van der Waals surface area contributed by atoms with Gasteiger partial charge in [-0.25, -0.2) is 0 Å². The molecule has 0 fully saturated rings. The van der Waals surface area contributed by atoms with Crippen LogP contribution in [0.4, 0.5) is 17.1 Å². The van der Waals surface area contributed by atoms with E-state index >= 15 is 0 Å². The number of aromatic nitrogens is 1. The predicted molar refractivity (Wildman–Crippen MR) is 298 cm³/mol. The van der Waals surface area contributed by atoms with Gasteiger partial charge in [-0.3, -0.25) is 0 Å². The zero-order chi connectivity index (χ0) is 46.4. The lowest BCUT2D eigenvalue weighted by atomic mass is 9.98. The normalized spacial score (nSPS) is 11.4. The fraction of sp³-hybridized carbons (Fsp3) is 0. The van der Waals surface area contributed by atoms with Crippen LogP contribution in [0.5, 0.6) is 0 Å². The van der Waals surface area contributed by atoms with Crippen molar-refractivity contribution in [3.8, 4) is 61.3 Å². The van der Waals surface area contributed by atoms with Gasteiger partial charge in [0.2, 0.25) is 0 Å². The molecule has 13 rings (SSSR count). The zero-order valence-electron chi connectivity index (χ0n) is 38.5. The molecule has 13 aromatic rings. The second kappa shape index (κ2) is 17.4. The minimum Gasteiger partial charge on any atom is -0.310 e. The number of nitrogens with zero attached hydrogens (tertiary/aromatic N) is 2. The first-order chi connectivity index (χ1) is 34.7. The Morgan fingerprint density at radius 3 is 1.13 bits per heavy atom. The molecule has 2 heteroatoms. The first kappa shape index (κ1) is 41.0. The van der Waals surface area contributed by atoms with Crippen LogP contribution >= 0.6 is 0 Å². The van der Waals surface area contributed by atoms with Crippen LogP contribution in [0.15, 0.2) is 279 Å². The first-order valence-corrected chi connectivity index (χ1v) is 24.1. The van der Waals surface area contributed by atoms with Crippen LogP contribution in [-0.2, 0) is 0 Å². The van der Waals surface area contributed by atoms with Crippen molar-refractivity contribution < 1.29 is 0 Å². The third-order valence-electron chi connectivity index (χ3n) is 14.0. The fourth-order valence-corrected chi connectivity index (χ4v) is 10.5. The maximum absolute atomic E-state index is 2.51. The summed E-state index contributed by atoms with van der Waals surface area (Å²) in [5.41, 5.74) is 18.4. The Morgan fingerprint density at radius 2 is 0.614 bits per heavy atom. The molecule has 12 aromatic carbocycles. The second-order valence-corrected chi connectivity index (χ2v) is 18.1. The van der Waals surface area contributed by atoms with E-state index < -0.39 is 0 Å². The molecule has 0 aliphatic rings. The summed E-state index contributed by atoms with van der Waals surface area (Å²) in [5.74, 6) is 0. The van der Waals surface area contributed by atoms with Crippen molar-refractivity contribution in [3.63, 3.8) is 0 Å². The van der Waals surface area contributed by atoms with Gasteiger partial charge in [-0.05, 0) is 127 Å². The Balaban J connectivity index is 1.02. The van der Waals surface area contributed by atoms with Crippen LogP contribution in [-0.4, -0.2) is 4.57 Å². The number of fused-ring (bicyclic) bond motifs is 5. The molecule has 2 nitrogen and oxygen atoms in total. The Labute approximate surface area is 408 Å². The molecule has 0 saturated carbocycles. The molecule has 0 aliphatic carbocycles. The number of rotatable bonds is 9. The fourth-order valence-electron chi connectivity index (χ4n) is 10.5. The summed E-state index contributed by atoms with van der Waals surface area (Å²) >= 11 is 0. The molecule has 0 amide bonds. The van der Waals surface area contributed by atoms with E-state index in [9.17, 15) is 0 Å². The van der Waals surface area contributed by atoms with Crippen LogP contribution < -0.4 is 4.90 Å². The average molecular weight is 891 g/mol. The third kappa shape index (κ3) is 7.40. The Bertz CT molecular complexity index is 3820. The Hall–Kier alpha value is -9.24. The van der Waals surface area contributed by atoms with Crippen molar-refractivity contribution >= 4 is 60.4 Å². The van der Waals surface area contributed by atoms with Crippen LogP contribution in [0, 0.1) is 0 Å². The van der Waals surface area contributed by atoms with Gasteiger partial charge in [-0.2, -0.15) is 0 Å². The van der Waals surface area contributed by atoms with Crippen molar-refractivity contribution in [2.75, 3.05) is 4.90 Å². The van der Waals surface area contributed by atoms with Crippen LogP contribution in [0.25, 0.3) is 105 Å². The second-order valence-electron chi connectivity index (χ2n) is 18.1. The maximum atomic E-state index is 2.51. The smallest absolute Gasteiger partial charge is 0.0547 e. The third-order valence-corrected chi connectivity index (χ3v) is 14.0. The molecular formula is C68H46N2. The highest BCUT2D eigenvalue weighted by atomic mass is 15.1. The van der Waals surface area contributed by atoms with Crippen LogP contribution in [0.2, 0.25) is 0 Å². The topological polar surface area (TPSA) is 8.17 Å². The van der Waals surface area contributed by atoms with E-state index in [0.717, 1.165) is 44.9 Å². The van der Waals surface area contributed by atoms with E-state index in [0.29, 0.717) is 0 Å². The van der Waals surface area contributed by atoms with Gasteiger partial charge >= 0.3 is 0 Å². The molecule has 328 valence electrons. The van der Waals surface area contributed by atoms with E-state index in [1.807, 2.05) is 0 Å². The molecule has 0 bridgehead atoms. The lowest BCUT2D eigenvalue weighted by molar-refractivity contribution is 1.18.